The van der Waals surface area contributed by atoms with Crippen LogP contribution in [0.15, 0.2) is 33.6 Å². The number of hydrogen-bond donors (Lipinski definition) is 0. The Hall–Kier alpha value is -1.38. The van der Waals surface area contributed by atoms with E-state index in [4.69, 9.17) is 0 Å². The first-order chi connectivity index (χ1) is 7.60. The zero-order valence-corrected chi connectivity index (χ0v) is 10.9. The first-order valence-electron chi connectivity index (χ1n) is 5.58. The molecule has 0 aromatic rings. The highest BCUT2D eigenvalue weighted by atomic mass is 16.6. The van der Waals surface area contributed by atoms with Crippen molar-refractivity contribution in [3.63, 3.8) is 0 Å². The van der Waals surface area contributed by atoms with E-state index in [9.17, 15) is 0 Å². The molecule has 0 N–H and O–H groups in total. The van der Waals surface area contributed by atoms with Gasteiger partial charge in [-0.05, 0) is 30.9 Å². The Bertz CT molecular complexity index is 299. The lowest BCUT2D eigenvalue weighted by atomic mass is 10.1. The van der Waals surface area contributed by atoms with Crippen molar-refractivity contribution >= 4 is 12.4 Å². The lowest BCUT2D eigenvalue weighted by Gasteiger charge is -2.00. The van der Waals surface area contributed by atoms with E-state index in [2.05, 4.69) is 41.8 Å². The molecule has 0 aliphatic rings. The summed E-state index contributed by atoms with van der Waals surface area (Å²) in [6, 6.07) is 0. The highest BCUT2D eigenvalue weighted by molar-refractivity contribution is 5.86. The molecule has 3 nitrogen and oxygen atoms in total. The summed E-state index contributed by atoms with van der Waals surface area (Å²) in [4.78, 5) is 8.99. The van der Waals surface area contributed by atoms with Gasteiger partial charge >= 0.3 is 0 Å². The van der Waals surface area contributed by atoms with Gasteiger partial charge in [0.1, 0.15) is 7.11 Å². The molecule has 0 aromatic carbocycles. The van der Waals surface area contributed by atoms with Crippen LogP contribution in [0.25, 0.3) is 0 Å². The fourth-order valence-electron chi connectivity index (χ4n) is 1.07. The third kappa shape index (κ3) is 7.97. The summed E-state index contributed by atoms with van der Waals surface area (Å²) in [5.41, 5.74) is 2.16. The predicted molar refractivity (Wildman–Crippen MR) is 71.0 cm³/mol. The summed E-state index contributed by atoms with van der Waals surface area (Å²) in [6.45, 7) is 8.39. The Kier molecular flexibility index (Phi) is 8.12. The zero-order valence-electron chi connectivity index (χ0n) is 10.9. The van der Waals surface area contributed by atoms with E-state index in [1.165, 1.54) is 7.11 Å². The largest absolute Gasteiger partial charge is 0.399 e. The Morgan fingerprint density at radius 2 is 2.06 bits per heavy atom. The monoisotopic (exact) mass is 222 g/mol. The van der Waals surface area contributed by atoms with Crippen molar-refractivity contribution in [3.8, 4) is 0 Å². The predicted octanol–water partition coefficient (Wildman–Crippen LogP) is 3.59. The summed E-state index contributed by atoms with van der Waals surface area (Å²) in [5.74, 6) is 0.534. The minimum Gasteiger partial charge on any atom is -0.399 e. The average Bonchev–Trinajstić information content (AvgIpc) is 2.24. The third-order valence-corrected chi connectivity index (χ3v) is 1.83. The minimum atomic E-state index is 0.534. The quantitative estimate of drug-likeness (QED) is 0.499. The molecule has 3 heteroatoms. The van der Waals surface area contributed by atoms with Crippen molar-refractivity contribution in [2.45, 2.75) is 34.1 Å². The van der Waals surface area contributed by atoms with Crippen LogP contribution in [-0.4, -0.2) is 19.5 Å². The zero-order chi connectivity index (χ0) is 12.4. The molecule has 0 fully saturated rings. The molecule has 0 heterocycles. The SMILES string of the molecule is CCC(=C/C(C)C)/N=C/C(C)=C/C=N/OC. The van der Waals surface area contributed by atoms with Crippen LogP contribution in [0.5, 0.6) is 0 Å². The minimum absolute atomic E-state index is 0.534. The van der Waals surface area contributed by atoms with Crippen LogP contribution in [0.4, 0.5) is 0 Å². The Labute approximate surface area is 98.6 Å². The van der Waals surface area contributed by atoms with Gasteiger partial charge in [0.15, 0.2) is 0 Å². The molecule has 0 saturated heterocycles. The van der Waals surface area contributed by atoms with Gasteiger partial charge in [-0.15, -0.1) is 0 Å². The van der Waals surface area contributed by atoms with E-state index in [0.717, 1.165) is 17.7 Å². The Morgan fingerprint density at radius 1 is 1.38 bits per heavy atom. The van der Waals surface area contributed by atoms with Crippen LogP contribution in [0.3, 0.4) is 0 Å². The molecule has 0 amide bonds. The van der Waals surface area contributed by atoms with E-state index in [0.29, 0.717) is 5.92 Å². The summed E-state index contributed by atoms with van der Waals surface area (Å²) in [6.07, 6.45) is 8.44. The van der Waals surface area contributed by atoms with Gasteiger partial charge in [-0.3, -0.25) is 4.99 Å². The van der Waals surface area contributed by atoms with Gasteiger partial charge < -0.3 is 4.84 Å². The standard InChI is InChI=1S/C13H22N2O/c1-6-13(9-11(2)3)14-10-12(4)7-8-15-16-5/h7-11H,6H2,1-5H3/b12-7+,13-9-,14-10+,15-8+. The van der Waals surface area contributed by atoms with Gasteiger partial charge in [0.05, 0.1) is 6.21 Å². The van der Waals surface area contributed by atoms with Crippen molar-refractivity contribution in [1.29, 1.82) is 0 Å². The second kappa shape index (κ2) is 8.89. The molecule has 0 saturated carbocycles. The number of allylic oxidation sites excluding steroid dienone is 4. The molecular formula is C13H22N2O. The molecule has 0 aliphatic heterocycles. The van der Waals surface area contributed by atoms with Crippen LogP contribution in [0.2, 0.25) is 0 Å². The molecule has 0 radical (unpaired) electrons. The van der Waals surface area contributed by atoms with Gasteiger partial charge in [-0.25, -0.2) is 0 Å². The van der Waals surface area contributed by atoms with Gasteiger partial charge in [0.2, 0.25) is 0 Å². The molecular weight excluding hydrogens is 200 g/mol. The van der Waals surface area contributed by atoms with E-state index in [1.807, 2.05) is 19.2 Å². The van der Waals surface area contributed by atoms with Gasteiger partial charge in [0, 0.05) is 11.9 Å². The smallest absolute Gasteiger partial charge is 0.106 e. The van der Waals surface area contributed by atoms with E-state index in [-0.39, 0.29) is 0 Å². The van der Waals surface area contributed by atoms with Gasteiger partial charge in [-0.1, -0.05) is 32.0 Å². The number of hydrogen-bond acceptors (Lipinski definition) is 3. The first-order valence-corrected chi connectivity index (χ1v) is 5.58. The van der Waals surface area contributed by atoms with Crippen molar-refractivity contribution in [1.82, 2.24) is 0 Å². The number of aliphatic imine (C=N–C) groups is 1. The van der Waals surface area contributed by atoms with Crippen LogP contribution in [0, 0.1) is 5.92 Å². The van der Waals surface area contributed by atoms with Crippen LogP contribution in [0.1, 0.15) is 34.1 Å². The molecule has 0 aromatic heterocycles. The van der Waals surface area contributed by atoms with Crippen molar-refractivity contribution in [2.75, 3.05) is 7.11 Å². The fourth-order valence-corrected chi connectivity index (χ4v) is 1.07. The normalized spacial score (nSPS) is 14.4. The number of nitrogens with zero attached hydrogens (tertiary/aromatic N) is 2. The fraction of sp³-hybridized carbons (Fsp3) is 0.538. The van der Waals surface area contributed by atoms with Crippen molar-refractivity contribution in [3.05, 3.63) is 23.4 Å². The van der Waals surface area contributed by atoms with Crippen LogP contribution in [-0.2, 0) is 4.84 Å². The maximum absolute atomic E-state index is 4.56. The van der Waals surface area contributed by atoms with Gasteiger partial charge in [-0.2, -0.15) is 0 Å². The van der Waals surface area contributed by atoms with E-state index in [1.54, 1.807) is 6.21 Å². The highest BCUT2D eigenvalue weighted by Crippen LogP contribution is 2.07. The first kappa shape index (κ1) is 14.6. The van der Waals surface area contributed by atoms with Crippen LogP contribution >= 0.6 is 0 Å². The third-order valence-electron chi connectivity index (χ3n) is 1.83. The lowest BCUT2D eigenvalue weighted by molar-refractivity contribution is 0.215. The highest BCUT2D eigenvalue weighted by Gasteiger charge is 1.92. The Morgan fingerprint density at radius 3 is 2.56 bits per heavy atom. The van der Waals surface area contributed by atoms with Crippen molar-refractivity contribution < 1.29 is 4.84 Å². The molecule has 0 rings (SSSR count). The lowest BCUT2D eigenvalue weighted by Crippen LogP contribution is -1.86. The molecule has 0 aliphatic carbocycles. The molecule has 16 heavy (non-hydrogen) atoms. The molecule has 0 bridgehead atoms. The summed E-state index contributed by atoms with van der Waals surface area (Å²) in [7, 11) is 1.52. The summed E-state index contributed by atoms with van der Waals surface area (Å²) >= 11 is 0. The summed E-state index contributed by atoms with van der Waals surface area (Å²) < 4.78 is 0. The maximum Gasteiger partial charge on any atom is 0.106 e. The average molecular weight is 222 g/mol. The second-order valence-electron chi connectivity index (χ2n) is 3.86. The molecule has 0 unspecified atom stereocenters. The second-order valence-corrected chi connectivity index (χ2v) is 3.86. The molecule has 90 valence electrons. The van der Waals surface area contributed by atoms with E-state index < -0.39 is 0 Å². The van der Waals surface area contributed by atoms with Crippen molar-refractivity contribution in [2.24, 2.45) is 16.1 Å². The summed E-state index contributed by atoms with van der Waals surface area (Å²) in [5, 5.41) is 3.63. The maximum atomic E-state index is 4.56. The topological polar surface area (TPSA) is 34.0 Å². The van der Waals surface area contributed by atoms with Crippen LogP contribution < -0.4 is 0 Å². The van der Waals surface area contributed by atoms with E-state index >= 15 is 0 Å². The molecule has 0 atom stereocenters. The van der Waals surface area contributed by atoms with Gasteiger partial charge in [0.25, 0.3) is 0 Å². The number of oxime groups is 1. The Balaban J connectivity index is 4.45. The number of rotatable bonds is 6. The molecule has 0 spiro atoms.